The molecule has 0 aliphatic carbocycles. The first-order valence-electron chi connectivity index (χ1n) is 5.45. The van der Waals surface area contributed by atoms with E-state index in [1.54, 1.807) is 12.1 Å². The fourth-order valence-corrected chi connectivity index (χ4v) is 1.63. The number of nitro groups is 1. The Labute approximate surface area is 102 Å². The highest BCUT2D eigenvalue weighted by atomic mass is 16.6. The van der Waals surface area contributed by atoms with Gasteiger partial charge in [-0.15, -0.1) is 0 Å². The highest BCUT2D eigenvalue weighted by molar-refractivity contribution is 5.57. The lowest BCUT2D eigenvalue weighted by Gasteiger charge is -2.01. The smallest absolute Gasteiger partial charge is 0.295 e. The van der Waals surface area contributed by atoms with Crippen molar-refractivity contribution in [2.75, 3.05) is 0 Å². The number of non-ortho nitro benzene ring substituents is 1. The standard InChI is InChI=1S/C11H11N3O4/c1-2-7-13-10(12-18-11(13)15)8-3-5-9(6-4-8)14(16)17/h3-6H,2,7H2,1H3. The van der Waals surface area contributed by atoms with Crippen LogP contribution in [0.1, 0.15) is 13.3 Å². The average Bonchev–Trinajstić information content (AvgIpc) is 2.72. The van der Waals surface area contributed by atoms with Gasteiger partial charge in [0.1, 0.15) is 0 Å². The minimum Gasteiger partial charge on any atom is -0.295 e. The van der Waals surface area contributed by atoms with E-state index in [4.69, 9.17) is 0 Å². The second-order valence-electron chi connectivity index (χ2n) is 3.73. The van der Waals surface area contributed by atoms with Crippen molar-refractivity contribution in [3.05, 3.63) is 44.9 Å². The van der Waals surface area contributed by atoms with Gasteiger partial charge in [-0.1, -0.05) is 12.1 Å². The van der Waals surface area contributed by atoms with Crippen LogP contribution in [0.5, 0.6) is 0 Å². The third-order valence-corrected chi connectivity index (χ3v) is 2.47. The van der Waals surface area contributed by atoms with E-state index in [1.807, 2.05) is 6.92 Å². The molecule has 0 amide bonds. The molecule has 7 heteroatoms. The lowest BCUT2D eigenvalue weighted by atomic mass is 10.2. The van der Waals surface area contributed by atoms with Crippen molar-refractivity contribution in [1.29, 1.82) is 0 Å². The van der Waals surface area contributed by atoms with Crippen LogP contribution in [0, 0.1) is 10.1 Å². The summed E-state index contributed by atoms with van der Waals surface area (Å²) in [5.41, 5.74) is 0.603. The van der Waals surface area contributed by atoms with Crippen LogP contribution in [0.15, 0.2) is 33.6 Å². The summed E-state index contributed by atoms with van der Waals surface area (Å²) < 4.78 is 6.01. The zero-order valence-electron chi connectivity index (χ0n) is 9.70. The Morgan fingerprint density at radius 1 is 1.39 bits per heavy atom. The van der Waals surface area contributed by atoms with Crippen LogP contribution in [-0.2, 0) is 6.54 Å². The van der Waals surface area contributed by atoms with Gasteiger partial charge in [0.2, 0.25) is 0 Å². The number of hydrogen-bond donors (Lipinski definition) is 0. The normalized spacial score (nSPS) is 10.5. The minimum atomic E-state index is -0.523. The zero-order valence-corrected chi connectivity index (χ0v) is 9.70. The molecule has 94 valence electrons. The van der Waals surface area contributed by atoms with Gasteiger partial charge in [-0.25, -0.2) is 4.79 Å². The van der Waals surface area contributed by atoms with Crippen LogP contribution in [0.4, 0.5) is 5.69 Å². The molecule has 0 atom stereocenters. The molecule has 2 rings (SSSR count). The Bertz CT molecular complexity index is 612. The van der Waals surface area contributed by atoms with E-state index in [0.29, 0.717) is 17.9 Å². The van der Waals surface area contributed by atoms with Gasteiger partial charge >= 0.3 is 5.76 Å². The third-order valence-electron chi connectivity index (χ3n) is 2.47. The molecule has 0 radical (unpaired) electrons. The highest BCUT2D eigenvalue weighted by Crippen LogP contribution is 2.20. The van der Waals surface area contributed by atoms with Crippen LogP contribution in [0.2, 0.25) is 0 Å². The van der Waals surface area contributed by atoms with Crippen molar-refractivity contribution in [3.8, 4) is 11.4 Å². The zero-order chi connectivity index (χ0) is 13.1. The molecule has 0 spiro atoms. The molecule has 1 heterocycles. The van der Waals surface area contributed by atoms with E-state index in [2.05, 4.69) is 9.68 Å². The van der Waals surface area contributed by atoms with Crippen molar-refractivity contribution in [2.24, 2.45) is 0 Å². The number of nitrogens with zero attached hydrogens (tertiary/aromatic N) is 3. The molecule has 0 bridgehead atoms. The van der Waals surface area contributed by atoms with Crippen molar-refractivity contribution in [1.82, 2.24) is 9.72 Å². The number of hydrogen-bond acceptors (Lipinski definition) is 5. The summed E-state index contributed by atoms with van der Waals surface area (Å²) in [5, 5.41) is 14.2. The molecule has 0 unspecified atom stereocenters. The summed E-state index contributed by atoms with van der Waals surface area (Å²) in [7, 11) is 0. The van der Waals surface area contributed by atoms with Crippen molar-refractivity contribution < 1.29 is 9.45 Å². The van der Waals surface area contributed by atoms with E-state index in [1.165, 1.54) is 16.7 Å². The molecule has 1 aromatic carbocycles. The second-order valence-corrected chi connectivity index (χ2v) is 3.73. The monoisotopic (exact) mass is 249 g/mol. The molecule has 7 nitrogen and oxygen atoms in total. The maximum absolute atomic E-state index is 11.4. The van der Waals surface area contributed by atoms with Gasteiger partial charge in [0, 0.05) is 24.2 Å². The van der Waals surface area contributed by atoms with Gasteiger partial charge < -0.3 is 0 Å². The predicted octanol–water partition coefficient (Wildman–Crippen LogP) is 1.82. The second kappa shape index (κ2) is 4.82. The Balaban J connectivity index is 2.42. The minimum absolute atomic E-state index is 0.00775. The van der Waals surface area contributed by atoms with E-state index in [0.717, 1.165) is 6.42 Å². The fourth-order valence-electron chi connectivity index (χ4n) is 1.63. The predicted molar refractivity (Wildman–Crippen MR) is 63.1 cm³/mol. The fraction of sp³-hybridized carbons (Fsp3) is 0.273. The SMILES string of the molecule is CCCn1c(-c2ccc([N+](=O)[O-])cc2)noc1=O. The third kappa shape index (κ3) is 2.15. The molecular formula is C11H11N3O4. The molecule has 0 fully saturated rings. The quantitative estimate of drug-likeness (QED) is 0.608. The van der Waals surface area contributed by atoms with E-state index in [9.17, 15) is 14.9 Å². The van der Waals surface area contributed by atoms with E-state index >= 15 is 0 Å². The summed E-state index contributed by atoms with van der Waals surface area (Å²) >= 11 is 0. The molecule has 2 aromatic rings. The van der Waals surface area contributed by atoms with Crippen molar-refractivity contribution in [2.45, 2.75) is 19.9 Å². The summed E-state index contributed by atoms with van der Waals surface area (Å²) in [6.07, 6.45) is 0.765. The summed E-state index contributed by atoms with van der Waals surface area (Å²) in [6, 6.07) is 5.82. The molecule has 0 N–H and O–H groups in total. The average molecular weight is 249 g/mol. The Kier molecular flexibility index (Phi) is 3.22. The molecule has 18 heavy (non-hydrogen) atoms. The molecule has 0 saturated carbocycles. The number of benzene rings is 1. The van der Waals surface area contributed by atoms with Crippen LogP contribution >= 0.6 is 0 Å². The maximum atomic E-state index is 11.4. The Morgan fingerprint density at radius 3 is 2.61 bits per heavy atom. The van der Waals surface area contributed by atoms with Gasteiger partial charge in [0.05, 0.1) is 4.92 Å². The summed E-state index contributed by atoms with van der Waals surface area (Å²) in [5.74, 6) is -0.137. The molecule has 0 aliphatic rings. The number of nitro benzene ring substituents is 1. The first-order chi connectivity index (χ1) is 8.63. The maximum Gasteiger partial charge on any atom is 0.441 e. The number of rotatable bonds is 4. The molecule has 0 saturated heterocycles. The number of aromatic nitrogens is 2. The van der Waals surface area contributed by atoms with Gasteiger partial charge in [-0.05, 0) is 18.6 Å². The van der Waals surface area contributed by atoms with Crippen LogP contribution < -0.4 is 5.76 Å². The Hall–Kier alpha value is -2.44. The van der Waals surface area contributed by atoms with Crippen molar-refractivity contribution in [3.63, 3.8) is 0 Å². The van der Waals surface area contributed by atoms with Gasteiger partial charge in [0.25, 0.3) is 5.69 Å². The summed E-state index contributed by atoms with van der Waals surface area (Å²) in [6.45, 7) is 2.42. The van der Waals surface area contributed by atoms with Crippen LogP contribution in [0.3, 0.4) is 0 Å². The molecule has 1 aromatic heterocycles. The largest absolute Gasteiger partial charge is 0.441 e. The summed E-state index contributed by atoms with van der Waals surface area (Å²) in [4.78, 5) is 21.5. The van der Waals surface area contributed by atoms with Gasteiger partial charge in [0.15, 0.2) is 5.82 Å². The van der Waals surface area contributed by atoms with Crippen LogP contribution in [-0.4, -0.2) is 14.6 Å². The molecular weight excluding hydrogens is 238 g/mol. The first-order valence-corrected chi connectivity index (χ1v) is 5.45. The highest BCUT2D eigenvalue weighted by Gasteiger charge is 2.13. The topological polar surface area (TPSA) is 91.2 Å². The van der Waals surface area contributed by atoms with Crippen LogP contribution in [0.25, 0.3) is 11.4 Å². The molecule has 0 aliphatic heterocycles. The lowest BCUT2D eigenvalue weighted by Crippen LogP contribution is -2.15. The Morgan fingerprint density at radius 2 is 2.06 bits per heavy atom. The van der Waals surface area contributed by atoms with Crippen molar-refractivity contribution >= 4 is 5.69 Å². The van der Waals surface area contributed by atoms with Gasteiger partial charge in [-0.2, -0.15) is 0 Å². The lowest BCUT2D eigenvalue weighted by molar-refractivity contribution is -0.384. The van der Waals surface area contributed by atoms with E-state index < -0.39 is 10.7 Å². The van der Waals surface area contributed by atoms with E-state index in [-0.39, 0.29) is 5.69 Å². The first kappa shape index (κ1) is 12.0. The van der Waals surface area contributed by atoms with Gasteiger partial charge in [-0.3, -0.25) is 19.2 Å².